The lowest BCUT2D eigenvalue weighted by Gasteiger charge is -2.58. The maximum absolute atomic E-state index is 12.6. The molecule has 1 aromatic rings. The molecule has 0 amide bonds. The summed E-state index contributed by atoms with van der Waals surface area (Å²) in [6.45, 7) is 1.03. The van der Waals surface area contributed by atoms with Crippen molar-refractivity contribution in [3.05, 3.63) is 29.3 Å². The monoisotopic (exact) mass is 325 g/mol. The smallest absolute Gasteiger partial charge is 0.406 e. The predicted octanol–water partition coefficient (Wildman–Crippen LogP) is 4.27. The van der Waals surface area contributed by atoms with Gasteiger partial charge in [0.05, 0.1) is 0 Å². The van der Waals surface area contributed by atoms with E-state index in [4.69, 9.17) is 0 Å². The standard InChI is InChI=1S/C18H22F3NO/c1-22-9-8-17-7-3-2-4-14(17)16(22)10-12-5-6-13(11-15(12)17)23-18(19,20)21/h5-6,11,14,16H,2-4,7-10H2,1H3. The Labute approximate surface area is 134 Å². The van der Waals surface area contributed by atoms with Gasteiger partial charge in [0.2, 0.25) is 0 Å². The molecule has 1 heterocycles. The minimum Gasteiger partial charge on any atom is -0.406 e. The van der Waals surface area contributed by atoms with Gasteiger partial charge in [0.15, 0.2) is 0 Å². The van der Waals surface area contributed by atoms with E-state index in [2.05, 4.69) is 16.7 Å². The lowest BCUT2D eigenvalue weighted by molar-refractivity contribution is -0.274. The van der Waals surface area contributed by atoms with Crippen LogP contribution in [0.1, 0.15) is 43.2 Å². The van der Waals surface area contributed by atoms with Crippen molar-refractivity contribution in [2.24, 2.45) is 5.92 Å². The molecule has 2 bridgehead atoms. The van der Waals surface area contributed by atoms with Crippen LogP contribution in [0.3, 0.4) is 0 Å². The van der Waals surface area contributed by atoms with Gasteiger partial charge in [0.1, 0.15) is 5.75 Å². The average molecular weight is 325 g/mol. The molecule has 0 N–H and O–H groups in total. The van der Waals surface area contributed by atoms with Crippen LogP contribution in [-0.2, 0) is 11.8 Å². The molecule has 0 spiro atoms. The molecule has 5 heteroatoms. The molecule has 0 radical (unpaired) electrons. The molecule has 23 heavy (non-hydrogen) atoms. The van der Waals surface area contributed by atoms with E-state index in [1.807, 2.05) is 6.07 Å². The molecule has 1 saturated carbocycles. The number of hydrogen-bond donors (Lipinski definition) is 0. The van der Waals surface area contributed by atoms with Crippen molar-refractivity contribution >= 4 is 0 Å². The molecule has 3 atom stereocenters. The molecule has 2 nitrogen and oxygen atoms in total. The van der Waals surface area contributed by atoms with Crippen molar-refractivity contribution in [2.45, 2.75) is 56.3 Å². The van der Waals surface area contributed by atoms with Gasteiger partial charge in [-0.1, -0.05) is 18.9 Å². The quantitative estimate of drug-likeness (QED) is 0.764. The Bertz CT molecular complexity index is 615. The fourth-order valence-corrected chi connectivity index (χ4v) is 5.37. The number of halogens is 3. The van der Waals surface area contributed by atoms with Gasteiger partial charge in [-0.05, 0) is 68.5 Å². The van der Waals surface area contributed by atoms with E-state index in [0.717, 1.165) is 31.4 Å². The maximum atomic E-state index is 12.6. The van der Waals surface area contributed by atoms with Crippen molar-refractivity contribution in [2.75, 3.05) is 13.6 Å². The van der Waals surface area contributed by atoms with Gasteiger partial charge < -0.3 is 9.64 Å². The Morgan fingerprint density at radius 1 is 1.22 bits per heavy atom. The number of piperidine rings is 1. The average Bonchev–Trinajstić information content (AvgIpc) is 2.50. The largest absolute Gasteiger partial charge is 0.573 e. The number of fused-ring (bicyclic) bond motifs is 1. The lowest BCUT2D eigenvalue weighted by atomic mass is 9.52. The highest BCUT2D eigenvalue weighted by molar-refractivity contribution is 5.45. The molecule has 3 unspecified atom stereocenters. The fraction of sp³-hybridized carbons (Fsp3) is 0.667. The number of likely N-dealkylation sites (N-methyl/N-ethyl adjacent to an activating group) is 1. The Balaban J connectivity index is 1.79. The summed E-state index contributed by atoms with van der Waals surface area (Å²) >= 11 is 0. The fourth-order valence-electron chi connectivity index (χ4n) is 5.37. The van der Waals surface area contributed by atoms with E-state index in [9.17, 15) is 13.2 Å². The van der Waals surface area contributed by atoms with E-state index in [1.165, 1.54) is 30.9 Å². The predicted molar refractivity (Wildman–Crippen MR) is 81.5 cm³/mol. The van der Waals surface area contributed by atoms with Crippen molar-refractivity contribution in [3.8, 4) is 5.75 Å². The van der Waals surface area contributed by atoms with Gasteiger partial charge in [-0.3, -0.25) is 0 Å². The van der Waals surface area contributed by atoms with Crippen molar-refractivity contribution in [1.82, 2.24) is 4.90 Å². The first-order valence-corrected chi connectivity index (χ1v) is 8.48. The third-order valence-corrected chi connectivity index (χ3v) is 6.32. The van der Waals surface area contributed by atoms with E-state index in [-0.39, 0.29) is 11.2 Å². The van der Waals surface area contributed by atoms with Crippen LogP contribution in [0.25, 0.3) is 0 Å². The number of alkyl halides is 3. The Kier molecular flexibility index (Phi) is 3.42. The zero-order valence-electron chi connectivity index (χ0n) is 13.3. The van der Waals surface area contributed by atoms with Crippen molar-refractivity contribution < 1.29 is 17.9 Å². The maximum Gasteiger partial charge on any atom is 0.573 e. The van der Waals surface area contributed by atoms with Crippen LogP contribution in [0.4, 0.5) is 13.2 Å². The third-order valence-electron chi connectivity index (χ3n) is 6.32. The van der Waals surface area contributed by atoms with Crippen LogP contribution in [0.2, 0.25) is 0 Å². The highest BCUT2D eigenvalue weighted by atomic mass is 19.4. The van der Waals surface area contributed by atoms with E-state index < -0.39 is 6.36 Å². The second-order valence-electron chi connectivity index (χ2n) is 7.38. The van der Waals surface area contributed by atoms with Gasteiger partial charge in [0, 0.05) is 11.5 Å². The summed E-state index contributed by atoms with van der Waals surface area (Å²) in [5.41, 5.74) is 2.41. The van der Waals surface area contributed by atoms with Gasteiger partial charge in [0.25, 0.3) is 0 Å². The van der Waals surface area contributed by atoms with Crippen LogP contribution < -0.4 is 4.74 Å². The molecule has 1 aromatic carbocycles. The van der Waals surface area contributed by atoms with Gasteiger partial charge in [-0.15, -0.1) is 13.2 Å². The molecular weight excluding hydrogens is 303 g/mol. The number of hydrogen-bond acceptors (Lipinski definition) is 2. The topological polar surface area (TPSA) is 12.5 Å². The molecule has 4 rings (SSSR count). The van der Waals surface area contributed by atoms with Gasteiger partial charge >= 0.3 is 6.36 Å². The third kappa shape index (κ3) is 2.44. The lowest BCUT2D eigenvalue weighted by Crippen LogP contribution is -2.59. The summed E-state index contributed by atoms with van der Waals surface area (Å²) in [7, 11) is 2.19. The Hall–Kier alpha value is -1.23. The highest BCUT2D eigenvalue weighted by Crippen LogP contribution is 2.56. The van der Waals surface area contributed by atoms with Gasteiger partial charge in [-0.25, -0.2) is 0 Å². The minimum atomic E-state index is -4.62. The summed E-state index contributed by atoms with van der Waals surface area (Å²) in [4.78, 5) is 2.46. The van der Waals surface area contributed by atoms with Crippen molar-refractivity contribution in [3.63, 3.8) is 0 Å². The SMILES string of the molecule is CN1CCC23CCCCC2C1Cc1ccc(OC(F)(F)F)cc13. The Morgan fingerprint density at radius 3 is 2.83 bits per heavy atom. The molecule has 0 aromatic heterocycles. The number of likely N-dealkylation sites (tertiary alicyclic amines) is 1. The van der Waals surface area contributed by atoms with E-state index >= 15 is 0 Å². The zero-order valence-corrected chi connectivity index (χ0v) is 13.3. The van der Waals surface area contributed by atoms with Crippen LogP contribution in [0.5, 0.6) is 5.75 Å². The number of ether oxygens (including phenoxy) is 1. The second-order valence-corrected chi connectivity index (χ2v) is 7.38. The first kappa shape index (κ1) is 15.3. The molecule has 2 aliphatic carbocycles. The van der Waals surface area contributed by atoms with Gasteiger partial charge in [-0.2, -0.15) is 0 Å². The summed E-state index contributed by atoms with van der Waals surface area (Å²) in [5, 5.41) is 0. The van der Waals surface area contributed by atoms with Crippen LogP contribution in [0.15, 0.2) is 18.2 Å². The first-order chi connectivity index (χ1) is 10.9. The second kappa shape index (κ2) is 5.13. The molecule has 3 aliphatic rings. The summed E-state index contributed by atoms with van der Waals surface area (Å²) in [6, 6.07) is 5.55. The minimum absolute atomic E-state index is 0.0627. The van der Waals surface area contributed by atoms with Crippen molar-refractivity contribution in [1.29, 1.82) is 0 Å². The number of rotatable bonds is 1. The van der Waals surface area contributed by atoms with E-state index in [0.29, 0.717) is 12.0 Å². The summed E-state index contributed by atoms with van der Waals surface area (Å²) in [6.07, 6.45) is 2.09. The molecule has 1 saturated heterocycles. The van der Waals surface area contributed by atoms with Crippen LogP contribution in [-0.4, -0.2) is 30.9 Å². The summed E-state index contributed by atoms with van der Waals surface area (Å²) in [5.74, 6) is 0.510. The molecule has 2 fully saturated rings. The van der Waals surface area contributed by atoms with Crippen LogP contribution >= 0.6 is 0 Å². The zero-order chi connectivity index (χ0) is 16.2. The normalized spacial score (nSPS) is 33.7. The van der Waals surface area contributed by atoms with E-state index in [1.54, 1.807) is 6.07 Å². The number of benzene rings is 1. The van der Waals surface area contributed by atoms with Crippen LogP contribution in [0, 0.1) is 5.92 Å². The number of nitrogens with zero attached hydrogens (tertiary/aromatic N) is 1. The summed E-state index contributed by atoms with van der Waals surface area (Å²) < 4.78 is 41.9. The first-order valence-electron chi connectivity index (χ1n) is 8.48. The molecule has 126 valence electrons. The highest BCUT2D eigenvalue weighted by Gasteiger charge is 2.53. The Morgan fingerprint density at radius 2 is 2.04 bits per heavy atom. The molecule has 1 aliphatic heterocycles. The molecular formula is C18H22F3NO.